The summed E-state index contributed by atoms with van der Waals surface area (Å²) in [6.07, 6.45) is 4.29. The predicted molar refractivity (Wildman–Crippen MR) is 85.9 cm³/mol. The molecule has 7 nitrogen and oxygen atoms in total. The molecule has 0 bridgehead atoms. The molecule has 0 amide bonds. The van der Waals surface area contributed by atoms with Crippen molar-refractivity contribution >= 4 is 5.97 Å². The molecule has 0 atom stereocenters. The number of hydrogen-bond donors (Lipinski definition) is 0. The van der Waals surface area contributed by atoms with Crippen LogP contribution in [0.1, 0.15) is 16.2 Å². The standard InChI is InChI=1S/C17H16N4O3/c1-13-11-16(24-17(22)15-12-18-7-8-19-15)21(20-13)9-10-23-14-5-3-2-4-6-14/h2-8,11-12H,9-10H2,1H3. The molecule has 1 aromatic carbocycles. The molecule has 7 heteroatoms. The van der Waals surface area contributed by atoms with Gasteiger partial charge < -0.3 is 9.47 Å². The first-order chi connectivity index (χ1) is 11.7. The number of rotatable bonds is 6. The van der Waals surface area contributed by atoms with E-state index in [0.717, 1.165) is 11.4 Å². The highest BCUT2D eigenvalue weighted by atomic mass is 16.5. The van der Waals surface area contributed by atoms with Gasteiger partial charge >= 0.3 is 5.97 Å². The topological polar surface area (TPSA) is 79.1 Å². The normalized spacial score (nSPS) is 10.4. The Morgan fingerprint density at radius 2 is 2.04 bits per heavy atom. The second-order valence-corrected chi connectivity index (χ2v) is 4.99. The Hall–Kier alpha value is -3.22. The van der Waals surface area contributed by atoms with Crippen LogP contribution < -0.4 is 9.47 Å². The fourth-order valence-corrected chi connectivity index (χ4v) is 2.08. The van der Waals surface area contributed by atoms with Crippen molar-refractivity contribution in [3.05, 3.63) is 66.4 Å². The lowest BCUT2D eigenvalue weighted by molar-refractivity contribution is 0.0709. The fourth-order valence-electron chi connectivity index (χ4n) is 2.08. The van der Waals surface area contributed by atoms with Crippen LogP contribution in [0.25, 0.3) is 0 Å². The van der Waals surface area contributed by atoms with Gasteiger partial charge in [-0.15, -0.1) is 0 Å². The highest BCUT2D eigenvalue weighted by Gasteiger charge is 2.14. The molecule has 0 radical (unpaired) electrons. The number of esters is 1. The third kappa shape index (κ3) is 3.95. The molecule has 24 heavy (non-hydrogen) atoms. The van der Waals surface area contributed by atoms with Crippen LogP contribution in [-0.4, -0.2) is 32.3 Å². The maximum atomic E-state index is 12.1. The molecular formula is C17H16N4O3. The zero-order valence-corrected chi connectivity index (χ0v) is 13.1. The maximum absolute atomic E-state index is 12.1. The first-order valence-electron chi connectivity index (χ1n) is 7.43. The molecule has 2 heterocycles. The molecule has 0 fully saturated rings. The van der Waals surface area contributed by atoms with Gasteiger partial charge in [0.05, 0.1) is 18.4 Å². The minimum Gasteiger partial charge on any atom is -0.492 e. The Labute approximate surface area is 138 Å². The molecule has 122 valence electrons. The second kappa shape index (κ2) is 7.36. The summed E-state index contributed by atoms with van der Waals surface area (Å²) in [7, 11) is 0. The molecule has 0 saturated heterocycles. The molecule has 0 spiro atoms. The van der Waals surface area contributed by atoms with E-state index in [4.69, 9.17) is 9.47 Å². The summed E-state index contributed by atoms with van der Waals surface area (Å²) in [5.74, 6) is 0.549. The third-order valence-electron chi connectivity index (χ3n) is 3.15. The summed E-state index contributed by atoms with van der Waals surface area (Å²) in [5, 5.41) is 4.31. The van der Waals surface area contributed by atoms with Crippen LogP contribution in [0.2, 0.25) is 0 Å². The zero-order valence-electron chi connectivity index (χ0n) is 13.1. The van der Waals surface area contributed by atoms with E-state index >= 15 is 0 Å². The Balaban J connectivity index is 1.63. The number of hydrogen-bond acceptors (Lipinski definition) is 6. The summed E-state index contributed by atoms with van der Waals surface area (Å²) >= 11 is 0. The van der Waals surface area contributed by atoms with Crippen LogP contribution >= 0.6 is 0 Å². The van der Waals surface area contributed by atoms with Gasteiger partial charge in [-0.2, -0.15) is 5.10 Å². The van der Waals surface area contributed by atoms with Crippen LogP contribution in [0.4, 0.5) is 0 Å². The first-order valence-corrected chi connectivity index (χ1v) is 7.43. The van der Waals surface area contributed by atoms with E-state index < -0.39 is 5.97 Å². The van der Waals surface area contributed by atoms with Gasteiger partial charge in [0, 0.05) is 18.5 Å². The number of aryl methyl sites for hydroxylation is 1. The lowest BCUT2D eigenvalue weighted by atomic mass is 10.3. The lowest BCUT2D eigenvalue weighted by Gasteiger charge is -2.09. The van der Waals surface area contributed by atoms with Gasteiger partial charge in [0.25, 0.3) is 0 Å². The molecule has 0 N–H and O–H groups in total. The Morgan fingerprint density at radius 1 is 1.21 bits per heavy atom. The third-order valence-corrected chi connectivity index (χ3v) is 3.15. The Kier molecular flexibility index (Phi) is 4.81. The number of aromatic nitrogens is 4. The van der Waals surface area contributed by atoms with E-state index in [1.54, 1.807) is 10.7 Å². The summed E-state index contributed by atoms with van der Waals surface area (Å²) in [4.78, 5) is 19.8. The van der Waals surface area contributed by atoms with Crippen LogP contribution in [-0.2, 0) is 6.54 Å². The van der Waals surface area contributed by atoms with E-state index in [-0.39, 0.29) is 5.69 Å². The van der Waals surface area contributed by atoms with E-state index in [0.29, 0.717) is 19.0 Å². The Bertz CT molecular complexity index is 803. The smallest absolute Gasteiger partial charge is 0.365 e. The van der Waals surface area contributed by atoms with Gasteiger partial charge in [0.15, 0.2) is 5.69 Å². The van der Waals surface area contributed by atoms with Crippen LogP contribution in [0.5, 0.6) is 11.6 Å². The summed E-state index contributed by atoms with van der Waals surface area (Å²) < 4.78 is 12.6. The van der Waals surface area contributed by atoms with E-state index in [9.17, 15) is 4.79 Å². The summed E-state index contributed by atoms with van der Waals surface area (Å²) in [6, 6.07) is 11.2. The SMILES string of the molecule is Cc1cc(OC(=O)c2cnccn2)n(CCOc2ccccc2)n1. The number of carbonyl (C=O) groups excluding carboxylic acids is 1. The zero-order chi connectivity index (χ0) is 16.8. The monoisotopic (exact) mass is 324 g/mol. The molecule has 3 aromatic rings. The van der Waals surface area contributed by atoms with Crippen LogP contribution in [0.15, 0.2) is 55.0 Å². The maximum Gasteiger partial charge on any atom is 0.365 e. The molecule has 0 aliphatic rings. The van der Waals surface area contributed by atoms with Crippen molar-refractivity contribution in [2.24, 2.45) is 0 Å². The molecule has 3 rings (SSSR count). The number of carbonyl (C=O) groups is 1. The van der Waals surface area contributed by atoms with Crippen molar-refractivity contribution < 1.29 is 14.3 Å². The number of ether oxygens (including phenoxy) is 2. The average molecular weight is 324 g/mol. The molecule has 0 saturated carbocycles. The van der Waals surface area contributed by atoms with Gasteiger partial charge in [-0.25, -0.2) is 14.5 Å². The molecular weight excluding hydrogens is 308 g/mol. The van der Waals surface area contributed by atoms with Gasteiger partial charge in [0.1, 0.15) is 12.4 Å². The van der Waals surface area contributed by atoms with Gasteiger partial charge in [-0.05, 0) is 19.1 Å². The van der Waals surface area contributed by atoms with Gasteiger partial charge in [-0.3, -0.25) is 4.98 Å². The predicted octanol–water partition coefficient (Wildman–Crippen LogP) is 2.28. The summed E-state index contributed by atoms with van der Waals surface area (Å²) in [5.41, 5.74) is 0.889. The second-order valence-electron chi connectivity index (χ2n) is 4.99. The van der Waals surface area contributed by atoms with E-state index in [1.807, 2.05) is 37.3 Å². The quantitative estimate of drug-likeness (QED) is 0.647. The molecule has 0 aliphatic heterocycles. The highest BCUT2D eigenvalue weighted by molar-refractivity contribution is 5.88. The number of nitrogens with zero attached hydrogens (tertiary/aromatic N) is 4. The van der Waals surface area contributed by atoms with Crippen LogP contribution in [0, 0.1) is 6.92 Å². The van der Waals surface area contributed by atoms with Crippen molar-refractivity contribution in [3.63, 3.8) is 0 Å². The minimum absolute atomic E-state index is 0.142. The highest BCUT2D eigenvalue weighted by Crippen LogP contribution is 2.15. The van der Waals surface area contributed by atoms with Gasteiger partial charge in [-0.1, -0.05) is 18.2 Å². The molecule has 2 aromatic heterocycles. The van der Waals surface area contributed by atoms with E-state index in [2.05, 4.69) is 15.1 Å². The number of para-hydroxylation sites is 1. The lowest BCUT2D eigenvalue weighted by Crippen LogP contribution is -2.16. The first kappa shape index (κ1) is 15.7. The fraction of sp³-hybridized carbons (Fsp3) is 0.176. The molecule has 0 unspecified atom stereocenters. The van der Waals surface area contributed by atoms with Crippen LogP contribution in [0.3, 0.4) is 0 Å². The van der Waals surface area contributed by atoms with Gasteiger partial charge in [0.2, 0.25) is 5.88 Å². The van der Waals surface area contributed by atoms with Crippen molar-refractivity contribution in [1.82, 2.24) is 19.7 Å². The summed E-state index contributed by atoms with van der Waals surface area (Å²) in [6.45, 7) is 2.68. The Morgan fingerprint density at radius 3 is 2.79 bits per heavy atom. The number of benzene rings is 1. The van der Waals surface area contributed by atoms with E-state index in [1.165, 1.54) is 18.6 Å². The minimum atomic E-state index is -0.576. The van der Waals surface area contributed by atoms with Crippen molar-refractivity contribution in [3.8, 4) is 11.6 Å². The van der Waals surface area contributed by atoms with Crippen molar-refractivity contribution in [2.75, 3.05) is 6.61 Å². The van der Waals surface area contributed by atoms with Crippen molar-refractivity contribution in [2.45, 2.75) is 13.5 Å². The largest absolute Gasteiger partial charge is 0.492 e. The average Bonchev–Trinajstić information content (AvgIpc) is 2.96. The van der Waals surface area contributed by atoms with Crippen molar-refractivity contribution in [1.29, 1.82) is 0 Å². The molecule has 0 aliphatic carbocycles.